The van der Waals surface area contributed by atoms with Crippen LogP contribution in [0.2, 0.25) is 0 Å². The fraction of sp³-hybridized carbons (Fsp3) is 0.400. The average Bonchev–Trinajstić information content (AvgIpc) is 2.14. The molecule has 1 aromatic carbocycles. The number of hydrogen-bond acceptors (Lipinski definition) is 2. The number of benzene rings is 1. The number of hydrogen-bond donors (Lipinski definition) is 1. The van der Waals surface area contributed by atoms with Crippen molar-refractivity contribution in [2.45, 2.75) is 19.4 Å². The Balaban J connectivity index is 2.88. The maximum absolute atomic E-state index is 11.1. The van der Waals surface area contributed by atoms with Crippen LogP contribution >= 0.6 is 15.9 Å². The van der Waals surface area contributed by atoms with Gasteiger partial charge in [0.05, 0.1) is 6.26 Å². The van der Waals surface area contributed by atoms with Crippen LogP contribution < -0.4 is 4.72 Å². The summed E-state index contributed by atoms with van der Waals surface area (Å²) in [6.45, 7) is 1.95. The Kier molecular flexibility index (Phi) is 4.31. The Morgan fingerprint density at radius 3 is 2.27 bits per heavy atom. The largest absolute Gasteiger partial charge is 0.213 e. The van der Waals surface area contributed by atoms with E-state index in [1.54, 1.807) is 0 Å². The number of rotatable bonds is 4. The van der Waals surface area contributed by atoms with Crippen LogP contribution in [0.3, 0.4) is 0 Å². The molecule has 1 N–H and O–H groups in total. The maximum atomic E-state index is 11.1. The van der Waals surface area contributed by atoms with E-state index >= 15 is 0 Å². The molecule has 0 bridgehead atoms. The van der Waals surface area contributed by atoms with E-state index in [2.05, 4.69) is 20.7 Å². The molecule has 1 unspecified atom stereocenters. The van der Waals surface area contributed by atoms with Crippen LogP contribution in [0.25, 0.3) is 0 Å². The zero-order chi connectivity index (χ0) is 11.5. The highest BCUT2D eigenvalue weighted by molar-refractivity contribution is 9.10. The van der Waals surface area contributed by atoms with Crippen LogP contribution in [0.15, 0.2) is 28.7 Å². The lowest BCUT2D eigenvalue weighted by Gasteiger charge is -2.15. The molecule has 5 heteroatoms. The van der Waals surface area contributed by atoms with Crippen LogP contribution in [0, 0.1) is 0 Å². The molecule has 15 heavy (non-hydrogen) atoms. The summed E-state index contributed by atoms with van der Waals surface area (Å²) in [5.41, 5.74) is 0.978. The van der Waals surface area contributed by atoms with Gasteiger partial charge in [0.15, 0.2) is 0 Å². The topological polar surface area (TPSA) is 46.2 Å². The molecule has 0 aliphatic heterocycles. The van der Waals surface area contributed by atoms with Gasteiger partial charge in [-0.2, -0.15) is 0 Å². The molecule has 0 amide bonds. The molecule has 1 atom stereocenters. The second-order valence-corrected chi connectivity index (χ2v) is 6.10. The van der Waals surface area contributed by atoms with Gasteiger partial charge in [-0.25, -0.2) is 13.1 Å². The molecular formula is C10H14BrNO2S. The third kappa shape index (κ3) is 4.32. The fourth-order valence-electron chi connectivity index (χ4n) is 1.34. The highest BCUT2D eigenvalue weighted by Gasteiger charge is 2.13. The molecule has 0 spiro atoms. The van der Waals surface area contributed by atoms with E-state index in [1.165, 1.54) is 6.26 Å². The van der Waals surface area contributed by atoms with Crippen molar-refractivity contribution in [2.24, 2.45) is 0 Å². The van der Waals surface area contributed by atoms with Gasteiger partial charge in [0, 0.05) is 10.5 Å². The first-order valence-electron chi connectivity index (χ1n) is 4.65. The molecule has 0 heterocycles. The molecule has 84 valence electrons. The van der Waals surface area contributed by atoms with Gasteiger partial charge >= 0.3 is 0 Å². The predicted octanol–water partition coefficient (Wildman–Crippen LogP) is 2.45. The maximum Gasteiger partial charge on any atom is 0.209 e. The monoisotopic (exact) mass is 291 g/mol. The van der Waals surface area contributed by atoms with Crippen molar-refractivity contribution in [3.8, 4) is 0 Å². The van der Waals surface area contributed by atoms with Gasteiger partial charge in [0.1, 0.15) is 0 Å². The molecule has 1 aromatic rings. The summed E-state index contributed by atoms with van der Waals surface area (Å²) in [6, 6.07) is 7.49. The van der Waals surface area contributed by atoms with Crippen LogP contribution in [0.4, 0.5) is 0 Å². The second-order valence-electron chi connectivity index (χ2n) is 3.40. The molecule has 0 radical (unpaired) electrons. The van der Waals surface area contributed by atoms with Crippen LogP contribution in [0.1, 0.15) is 24.9 Å². The summed E-state index contributed by atoms with van der Waals surface area (Å²) in [4.78, 5) is 0. The number of halogens is 1. The third-order valence-corrected chi connectivity index (χ3v) is 3.28. The molecule has 3 nitrogen and oxygen atoms in total. The van der Waals surface area contributed by atoms with Gasteiger partial charge in [0.2, 0.25) is 10.0 Å². The lowest BCUT2D eigenvalue weighted by molar-refractivity contribution is 0.555. The summed E-state index contributed by atoms with van der Waals surface area (Å²) in [7, 11) is -3.16. The van der Waals surface area contributed by atoms with E-state index in [9.17, 15) is 8.42 Å². The first-order chi connectivity index (χ1) is 6.92. The van der Waals surface area contributed by atoms with Gasteiger partial charge in [0.25, 0.3) is 0 Å². The molecule has 0 fully saturated rings. The molecule has 0 saturated heterocycles. The van der Waals surface area contributed by atoms with Crippen molar-refractivity contribution in [1.29, 1.82) is 0 Å². The normalized spacial score (nSPS) is 13.8. The van der Waals surface area contributed by atoms with Gasteiger partial charge < -0.3 is 0 Å². The zero-order valence-corrected chi connectivity index (χ0v) is 11.1. The smallest absolute Gasteiger partial charge is 0.209 e. The zero-order valence-electron chi connectivity index (χ0n) is 8.70. The lowest BCUT2D eigenvalue weighted by atomic mass is 10.1. The Labute approximate surface area is 99.1 Å². The highest BCUT2D eigenvalue weighted by atomic mass is 79.9. The minimum absolute atomic E-state index is 0.145. The Morgan fingerprint density at radius 1 is 1.33 bits per heavy atom. The van der Waals surface area contributed by atoms with Crippen molar-refractivity contribution >= 4 is 26.0 Å². The molecule has 0 aliphatic carbocycles. The van der Waals surface area contributed by atoms with E-state index in [1.807, 2.05) is 31.2 Å². The number of nitrogens with one attached hydrogen (secondary N) is 1. The Bertz CT molecular complexity index is 414. The first-order valence-corrected chi connectivity index (χ1v) is 7.33. The minimum Gasteiger partial charge on any atom is -0.213 e. The van der Waals surface area contributed by atoms with Crippen molar-refractivity contribution in [2.75, 3.05) is 6.26 Å². The van der Waals surface area contributed by atoms with E-state index in [0.29, 0.717) is 0 Å². The highest BCUT2D eigenvalue weighted by Crippen LogP contribution is 2.19. The van der Waals surface area contributed by atoms with E-state index < -0.39 is 10.0 Å². The molecular weight excluding hydrogens is 278 g/mol. The fourth-order valence-corrected chi connectivity index (χ4v) is 2.42. The van der Waals surface area contributed by atoms with Crippen molar-refractivity contribution in [3.05, 3.63) is 34.3 Å². The Morgan fingerprint density at radius 2 is 1.87 bits per heavy atom. The second kappa shape index (κ2) is 5.09. The summed E-state index contributed by atoms with van der Waals surface area (Å²) in [5, 5.41) is 0. The van der Waals surface area contributed by atoms with E-state index in [4.69, 9.17) is 0 Å². The van der Waals surface area contributed by atoms with Crippen molar-refractivity contribution < 1.29 is 8.42 Å². The third-order valence-electron chi connectivity index (χ3n) is 2.04. The number of sulfonamides is 1. The SMILES string of the molecule is CCC(NS(C)(=O)=O)c1ccc(Br)cc1. The summed E-state index contributed by atoms with van der Waals surface area (Å²) in [5.74, 6) is 0. The van der Waals surface area contributed by atoms with E-state index in [0.717, 1.165) is 16.5 Å². The van der Waals surface area contributed by atoms with Crippen molar-refractivity contribution in [3.63, 3.8) is 0 Å². The van der Waals surface area contributed by atoms with Crippen LogP contribution in [-0.4, -0.2) is 14.7 Å². The van der Waals surface area contributed by atoms with Gasteiger partial charge in [-0.3, -0.25) is 0 Å². The predicted molar refractivity (Wildman–Crippen MR) is 65.2 cm³/mol. The van der Waals surface area contributed by atoms with Gasteiger partial charge in [-0.05, 0) is 24.1 Å². The summed E-state index contributed by atoms with van der Waals surface area (Å²) >= 11 is 3.34. The molecule has 0 aliphatic rings. The molecule has 0 saturated carbocycles. The summed E-state index contributed by atoms with van der Waals surface area (Å²) < 4.78 is 25.8. The van der Waals surface area contributed by atoms with E-state index in [-0.39, 0.29) is 6.04 Å². The molecule has 0 aromatic heterocycles. The lowest BCUT2D eigenvalue weighted by Crippen LogP contribution is -2.26. The van der Waals surface area contributed by atoms with Gasteiger partial charge in [-0.1, -0.05) is 35.0 Å². The Hall–Kier alpha value is -0.390. The average molecular weight is 292 g/mol. The van der Waals surface area contributed by atoms with Crippen LogP contribution in [-0.2, 0) is 10.0 Å². The standard InChI is InChI=1S/C10H14BrNO2S/c1-3-10(12-15(2,13)14)8-4-6-9(11)7-5-8/h4-7,10,12H,3H2,1-2H3. The first kappa shape index (κ1) is 12.7. The quantitative estimate of drug-likeness (QED) is 0.926. The van der Waals surface area contributed by atoms with Crippen LogP contribution in [0.5, 0.6) is 0 Å². The van der Waals surface area contributed by atoms with Crippen molar-refractivity contribution in [1.82, 2.24) is 4.72 Å². The van der Waals surface area contributed by atoms with Gasteiger partial charge in [-0.15, -0.1) is 0 Å². The molecule has 1 rings (SSSR count). The minimum atomic E-state index is -3.16. The summed E-state index contributed by atoms with van der Waals surface area (Å²) in [6.07, 6.45) is 1.91.